The Morgan fingerprint density at radius 3 is 2.65 bits per heavy atom. The van der Waals surface area contributed by atoms with E-state index in [-0.39, 0.29) is 11.3 Å². The van der Waals surface area contributed by atoms with E-state index in [1.54, 1.807) is 11.8 Å². The van der Waals surface area contributed by atoms with Crippen molar-refractivity contribution in [2.45, 2.75) is 56.6 Å². The number of allylic oxidation sites excluding steroid dienone is 2. The van der Waals surface area contributed by atoms with Gasteiger partial charge in [0.05, 0.1) is 10.9 Å². The van der Waals surface area contributed by atoms with Crippen molar-refractivity contribution in [3.8, 4) is 0 Å². The molecule has 0 saturated carbocycles. The maximum absolute atomic E-state index is 13.2. The van der Waals surface area contributed by atoms with Crippen LogP contribution < -0.4 is 5.56 Å². The Kier molecular flexibility index (Phi) is 7.36. The summed E-state index contributed by atoms with van der Waals surface area (Å²) in [4.78, 5) is 30.3. The Morgan fingerprint density at radius 2 is 1.84 bits per heavy atom. The van der Waals surface area contributed by atoms with E-state index >= 15 is 0 Å². The first kappa shape index (κ1) is 21.6. The molecule has 3 aromatic rings. The van der Waals surface area contributed by atoms with Crippen LogP contribution in [0, 0.1) is 0 Å². The fourth-order valence-electron chi connectivity index (χ4n) is 4.01. The summed E-state index contributed by atoms with van der Waals surface area (Å²) in [6.45, 7) is 0.660. The van der Waals surface area contributed by atoms with Crippen LogP contribution in [0.5, 0.6) is 0 Å². The van der Waals surface area contributed by atoms with Crippen molar-refractivity contribution in [3.05, 3.63) is 82.2 Å². The number of para-hydroxylation sites is 1. The predicted molar refractivity (Wildman–Crippen MR) is 128 cm³/mol. The Balaban J connectivity index is 1.46. The van der Waals surface area contributed by atoms with Crippen LogP contribution in [0.3, 0.4) is 0 Å². The molecular formula is C26H28N2O2S. The first-order valence-corrected chi connectivity index (χ1v) is 12.1. The van der Waals surface area contributed by atoms with Crippen LogP contribution in [0.1, 0.15) is 55.3 Å². The fourth-order valence-corrected chi connectivity index (χ4v) is 4.97. The summed E-state index contributed by atoms with van der Waals surface area (Å²) in [5.41, 5.74) is 2.98. The third-order valence-corrected chi connectivity index (χ3v) is 6.81. The van der Waals surface area contributed by atoms with Crippen LogP contribution in [-0.2, 0) is 6.54 Å². The van der Waals surface area contributed by atoms with Crippen molar-refractivity contribution in [2.75, 3.05) is 5.75 Å². The standard InChI is InChI=1S/C26H28N2O2S/c29-24(21-12-5-2-6-13-21)16-9-19-31-26-27-23-15-8-7-14-22(23)25(30)28(26)18-17-20-10-3-1-4-11-20/h2,5-8,10,12-15H,1,3-4,9,11,16-19H2. The quantitative estimate of drug-likeness (QED) is 0.136. The predicted octanol–water partition coefficient (Wildman–Crippen LogP) is 6.04. The number of fused-ring (bicyclic) bond motifs is 1. The third-order valence-electron chi connectivity index (χ3n) is 5.74. The lowest BCUT2D eigenvalue weighted by Gasteiger charge is -2.16. The van der Waals surface area contributed by atoms with Crippen molar-refractivity contribution in [3.63, 3.8) is 0 Å². The number of hydrogen-bond donors (Lipinski definition) is 0. The highest BCUT2D eigenvalue weighted by molar-refractivity contribution is 7.99. The zero-order valence-corrected chi connectivity index (χ0v) is 18.6. The molecule has 0 saturated heterocycles. The lowest BCUT2D eigenvalue weighted by molar-refractivity contribution is 0.0982. The molecule has 0 spiro atoms. The Hall–Kier alpha value is -2.66. The van der Waals surface area contributed by atoms with Crippen LogP contribution in [0.15, 0.2) is 76.2 Å². The second-order valence-corrected chi connectivity index (χ2v) is 9.03. The highest BCUT2D eigenvalue weighted by Gasteiger charge is 2.13. The maximum atomic E-state index is 13.2. The number of Topliss-reactive ketones (excluding diaryl/α,β-unsaturated/α-hetero) is 1. The van der Waals surface area contributed by atoms with Gasteiger partial charge in [-0.1, -0.05) is 65.9 Å². The molecule has 0 N–H and O–H groups in total. The SMILES string of the molecule is O=C(CCCSc1nc2ccccc2c(=O)n1CCC1=CCCCC1)c1ccccc1. The summed E-state index contributed by atoms with van der Waals surface area (Å²) < 4.78 is 1.83. The van der Waals surface area contributed by atoms with E-state index in [1.165, 1.54) is 18.4 Å². The number of ketones is 1. The van der Waals surface area contributed by atoms with Gasteiger partial charge in [-0.15, -0.1) is 0 Å². The molecule has 2 aromatic carbocycles. The largest absolute Gasteiger partial charge is 0.294 e. The molecule has 31 heavy (non-hydrogen) atoms. The van der Waals surface area contributed by atoms with Crippen LogP contribution in [-0.4, -0.2) is 21.1 Å². The van der Waals surface area contributed by atoms with Gasteiger partial charge in [-0.25, -0.2) is 4.98 Å². The topological polar surface area (TPSA) is 52.0 Å². The molecule has 160 valence electrons. The number of thioether (sulfide) groups is 1. The molecule has 1 aromatic heterocycles. The zero-order valence-electron chi connectivity index (χ0n) is 17.8. The van der Waals surface area contributed by atoms with Crippen LogP contribution in [0.25, 0.3) is 10.9 Å². The highest BCUT2D eigenvalue weighted by Crippen LogP contribution is 2.23. The number of rotatable bonds is 9. The van der Waals surface area contributed by atoms with E-state index in [4.69, 9.17) is 4.98 Å². The summed E-state index contributed by atoms with van der Waals surface area (Å²) >= 11 is 1.58. The molecular weight excluding hydrogens is 404 g/mol. The van der Waals surface area contributed by atoms with Crippen molar-refractivity contribution < 1.29 is 4.79 Å². The average Bonchev–Trinajstić information content (AvgIpc) is 2.82. The minimum absolute atomic E-state index is 0.0323. The lowest BCUT2D eigenvalue weighted by Crippen LogP contribution is -2.24. The van der Waals surface area contributed by atoms with Gasteiger partial charge in [0.2, 0.25) is 0 Å². The van der Waals surface area contributed by atoms with Gasteiger partial charge >= 0.3 is 0 Å². The van der Waals surface area contributed by atoms with E-state index in [0.29, 0.717) is 18.4 Å². The minimum Gasteiger partial charge on any atom is -0.294 e. The molecule has 1 aliphatic rings. The summed E-state index contributed by atoms with van der Waals surface area (Å²) in [6.07, 6.45) is 9.30. The Bertz CT molecular complexity index is 1140. The molecule has 4 nitrogen and oxygen atoms in total. The number of carbonyl (C=O) groups is 1. The molecule has 0 bridgehead atoms. The zero-order chi connectivity index (χ0) is 21.5. The van der Waals surface area contributed by atoms with Crippen molar-refractivity contribution >= 4 is 28.4 Å². The van der Waals surface area contributed by atoms with Gasteiger partial charge in [0.25, 0.3) is 5.56 Å². The Labute approximate surface area is 187 Å². The summed E-state index contributed by atoms with van der Waals surface area (Å²) in [7, 11) is 0. The van der Waals surface area contributed by atoms with Crippen LogP contribution in [0.2, 0.25) is 0 Å². The van der Waals surface area contributed by atoms with Gasteiger partial charge < -0.3 is 0 Å². The maximum Gasteiger partial charge on any atom is 0.262 e. The number of carbonyl (C=O) groups excluding carboxylic acids is 1. The minimum atomic E-state index is 0.0323. The normalized spacial score (nSPS) is 13.9. The van der Waals surface area contributed by atoms with E-state index < -0.39 is 0 Å². The van der Waals surface area contributed by atoms with Crippen LogP contribution in [0.4, 0.5) is 0 Å². The fraction of sp³-hybridized carbons (Fsp3) is 0.346. The smallest absolute Gasteiger partial charge is 0.262 e. The molecule has 0 amide bonds. The molecule has 1 heterocycles. The monoisotopic (exact) mass is 432 g/mol. The van der Waals surface area contributed by atoms with Crippen molar-refractivity contribution in [1.29, 1.82) is 0 Å². The van der Waals surface area contributed by atoms with Gasteiger partial charge in [0.15, 0.2) is 10.9 Å². The molecule has 0 atom stereocenters. The van der Waals surface area contributed by atoms with Crippen molar-refractivity contribution in [2.24, 2.45) is 0 Å². The van der Waals surface area contributed by atoms with Gasteiger partial charge in [-0.3, -0.25) is 14.2 Å². The number of nitrogens with zero attached hydrogens (tertiary/aromatic N) is 2. The second-order valence-electron chi connectivity index (χ2n) is 7.97. The van der Waals surface area contributed by atoms with E-state index in [2.05, 4.69) is 6.08 Å². The molecule has 1 aliphatic carbocycles. The first-order chi connectivity index (χ1) is 15.2. The third kappa shape index (κ3) is 5.53. The van der Waals surface area contributed by atoms with Gasteiger partial charge in [-0.2, -0.15) is 0 Å². The molecule has 0 fully saturated rings. The Morgan fingerprint density at radius 1 is 1.03 bits per heavy atom. The van der Waals surface area contributed by atoms with Gasteiger partial charge in [0, 0.05) is 24.3 Å². The highest BCUT2D eigenvalue weighted by atomic mass is 32.2. The molecule has 0 unspecified atom stereocenters. The van der Waals surface area contributed by atoms with E-state index in [1.807, 2.05) is 59.2 Å². The molecule has 0 aliphatic heterocycles. The number of benzene rings is 2. The van der Waals surface area contributed by atoms with Crippen LogP contribution >= 0.6 is 11.8 Å². The molecule has 5 heteroatoms. The van der Waals surface area contributed by atoms with Gasteiger partial charge in [0.1, 0.15) is 0 Å². The average molecular weight is 433 g/mol. The lowest BCUT2D eigenvalue weighted by atomic mass is 9.97. The summed E-state index contributed by atoms with van der Waals surface area (Å²) in [5, 5.41) is 1.43. The summed E-state index contributed by atoms with van der Waals surface area (Å²) in [5.74, 6) is 0.917. The number of aromatic nitrogens is 2. The van der Waals surface area contributed by atoms with E-state index in [0.717, 1.165) is 47.7 Å². The number of hydrogen-bond acceptors (Lipinski definition) is 4. The molecule has 0 radical (unpaired) electrons. The summed E-state index contributed by atoms with van der Waals surface area (Å²) in [6, 6.07) is 17.0. The van der Waals surface area contributed by atoms with E-state index in [9.17, 15) is 9.59 Å². The second kappa shape index (κ2) is 10.6. The van der Waals surface area contributed by atoms with Gasteiger partial charge in [-0.05, 0) is 50.7 Å². The first-order valence-electron chi connectivity index (χ1n) is 11.1. The molecule has 4 rings (SSSR count). The van der Waals surface area contributed by atoms with Crippen molar-refractivity contribution in [1.82, 2.24) is 9.55 Å².